The van der Waals surface area contributed by atoms with Crippen LogP contribution in [0.25, 0.3) is 0 Å². The first-order valence-corrected chi connectivity index (χ1v) is 10.6. The van der Waals surface area contributed by atoms with Crippen LogP contribution in [0.15, 0.2) is 66.1 Å². The van der Waals surface area contributed by atoms with Crippen molar-refractivity contribution in [2.45, 2.75) is 25.3 Å². The zero-order valence-corrected chi connectivity index (χ0v) is 16.2. The fourth-order valence-electron chi connectivity index (χ4n) is 3.35. The smallest absolute Gasteiger partial charge is 0.235 e. The SMILES string of the molecule is CC[C@@H](C(=O)N(c1ccc(OC)cc1)[C@@H]1C=CS(=O)(=O)C1)c1ccccc1. The summed E-state index contributed by atoms with van der Waals surface area (Å²) in [7, 11) is -1.71. The van der Waals surface area contributed by atoms with Crippen molar-refractivity contribution in [2.24, 2.45) is 0 Å². The first kappa shape index (κ1) is 19.2. The third-order valence-electron chi connectivity index (χ3n) is 4.74. The molecule has 0 bridgehead atoms. The van der Waals surface area contributed by atoms with E-state index in [9.17, 15) is 13.2 Å². The molecular weight excluding hydrogens is 362 g/mol. The molecule has 2 atom stereocenters. The maximum atomic E-state index is 13.5. The van der Waals surface area contributed by atoms with E-state index in [-0.39, 0.29) is 17.6 Å². The zero-order valence-electron chi connectivity index (χ0n) is 15.4. The van der Waals surface area contributed by atoms with Crippen molar-refractivity contribution >= 4 is 21.4 Å². The van der Waals surface area contributed by atoms with Gasteiger partial charge in [-0.1, -0.05) is 37.3 Å². The number of amides is 1. The highest BCUT2D eigenvalue weighted by molar-refractivity contribution is 7.94. The van der Waals surface area contributed by atoms with Gasteiger partial charge in [0.15, 0.2) is 9.84 Å². The molecule has 142 valence electrons. The Labute approximate surface area is 160 Å². The molecular formula is C21H23NO4S. The minimum Gasteiger partial charge on any atom is -0.497 e. The number of hydrogen-bond acceptors (Lipinski definition) is 4. The summed E-state index contributed by atoms with van der Waals surface area (Å²) in [4.78, 5) is 15.1. The molecule has 2 aromatic rings. The van der Waals surface area contributed by atoms with E-state index in [0.717, 1.165) is 5.56 Å². The van der Waals surface area contributed by atoms with Crippen molar-refractivity contribution in [2.75, 3.05) is 17.8 Å². The van der Waals surface area contributed by atoms with Crippen LogP contribution in [0.2, 0.25) is 0 Å². The monoisotopic (exact) mass is 385 g/mol. The Morgan fingerprint density at radius 1 is 1.15 bits per heavy atom. The van der Waals surface area contributed by atoms with Crippen molar-refractivity contribution in [3.63, 3.8) is 0 Å². The summed E-state index contributed by atoms with van der Waals surface area (Å²) < 4.78 is 29.1. The Balaban J connectivity index is 2.00. The summed E-state index contributed by atoms with van der Waals surface area (Å²) in [5.41, 5.74) is 1.58. The highest BCUT2D eigenvalue weighted by atomic mass is 32.2. The van der Waals surface area contributed by atoms with Gasteiger partial charge in [0.25, 0.3) is 0 Å². The molecule has 1 aliphatic rings. The number of carbonyl (C=O) groups excluding carboxylic acids is 1. The quantitative estimate of drug-likeness (QED) is 0.763. The molecule has 1 heterocycles. The van der Waals surface area contributed by atoms with Gasteiger partial charge in [-0.15, -0.1) is 0 Å². The third-order valence-corrected chi connectivity index (χ3v) is 6.12. The molecule has 2 aromatic carbocycles. The number of carbonyl (C=O) groups is 1. The molecule has 5 nitrogen and oxygen atoms in total. The van der Waals surface area contributed by atoms with Crippen LogP contribution in [-0.4, -0.2) is 33.2 Å². The van der Waals surface area contributed by atoms with Crippen molar-refractivity contribution in [1.82, 2.24) is 0 Å². The number of ether oxygens (including phenoxy) is 1. The maximum Gasteiger partial charge on any atom is 0.235 e. The summed E-state index contributed by atoms with van der Waals surface area (Å²) in [6, 6.07) is 16.2. The largest absolute Gasteiger partial charge is 0.497 e. The average molecular weight is 385 g/mol. The predicted octanol–water partition coefficient (Wildman–Crippen LogP) is 3.53. The van der Waals surface area contributed by atoms with E-state index in [4.69, 9.17) is 4.74 Å². The number of nitrogens with zero attached hydrogens (tertiary/aromatic N) is 1. The molecule has 1 aliphatic heterocycles. The molecule has 1 amide bonds. The van der Waals surface area contributed by atoms with E-state index in [1.54, 1.807) is 42.4 Å². The molecule has 0 radical (unpaired) electrons. The van der Waals surface area contributed by atoms with Gasteiger partial charge in [0, 0.05) is 11.1 Å². The van der Waals surface area contributed by atoms with Gasteiger partial charge in [-0.2, -0.15) is 0 Å². The van der Waals surface area contributed by atoms with Crippen molar-refractivity contribution in [3.8, 4) is 5.75 Å². The van der Waals surface area contributed by atoms with Gasteiger partial charge in [-0.3, -0.25) is 4.79 Å². The second kappa shape index (κ2) is 7.96. The Morgan fingerprint density at radius 3 is 2.33 bits per heavy atom. The highest BCUT2D eigenvalue weighted by Crippen LogP contribution is 2.30. The Bertz CT molecular complexity index is 920. The summed E-state index contributed by atoms with van der Waals surface area (Å²) in [6.45, 7) is 1.96. The number of methoxy groups -OCH3 is 1. The van der Waals surface area contributed by atoms with Crippen LogP contribution >= 0.6 is 0 Å². The Kier molecular flexibility index (Phi) is 5.65. The fourth-order valence-corrected chi connectivity index (χ4v) is 4.62. The fraction of sp³-hybridized carbons (Fsp3) is 0.286. The Hall–Kier alpha value is -2.60. The molecule has 0 spiro atoms. The van der Waals surface area contributed by atoms with E-state index in [0.29, 0.717) is 17.9 Å². The highest BCUT2D eigenvalue weighted by Gasteiger charge is 2.34. The number of rotatable bonds is 6. The third kappa shape index (κ3) is 4.22. The maximum absolute atomic E-state index is 13.5. The van der Waals surface area contributed by atoms with E-state index in [1.807, 2.05) is 37.3 Å². The lowest BCUT2D eigenvalue weighted by Gasteiger charge is -2.31. The first-order valence-electron chi connectivity index (χ1n) is 8.88. The van der Waals surface area contributed by atoms with Gasteiger partial charge in [0.05, 0.1) is 24.8 Å². The van der Waals surface area contributed by atoms with Crippen molar-refractivity contribution in [3.05, 3.63) is 71.6 Å². The zero-order chi connectivity index (χ0) is 19.4. The normalized spacial score (nSPS) is 18.8. The molecule has 27 heavy (non-hydrogen) atoms. The van der Waals surface area contributed by atoms with Crippen LogP contribution in [0.5, 0.6) is 5.75 Å². The van der Waals surface area contributed by atoms with Crippen LogP contribution in [0.3, 0.4) is 0 Å². The predicted molar refractivity (Wildman–Crippen MR) is 107 cm³/mol. The summed E-state index contributed by atoms with van der Waals surface area (Å²) >= 11 is 0. The van der Waals surface area contributed by atoms with E-state index < -0.39 is 15.9 Å². The molecule has 6 heteroatoms. The van der Waals surface area contributed by atoms with E-state index >= 15 is 0 Å². The molecule has 0 fully saturated rings. The Morgan fingerprint density at radius 2 is 1.81 bits per heavy atom. The minimum absolute atomic E-state index is 0.101. The van der Waals surface area contributed by atoms with Crippen molar-refractivity contribution < 1.29 is 17.9 Å². The number of benzene rings is 2. The molecule has 0 saturated carbocycles. The number of hydrogen-bond donors (Lipinski definition) is 0. The van der Waals surface area contributed by atoms with E-state index in [2.05, 4.69) is 0 Å². The van der Waals surface area contributed by atoms with Crippen LogP contribution in [0.1, 0.15) is 24.8 Å². The van der Waals surface area contributed by atoms with Gasteiger partial charge >= 0.3 is 0 Å². The lowest BCUT2D eigenvalue weighted by Crippen LogP contribution is -2.43. The molecule has 0 aromatic heterocycles. The second-order valence-corrected chi connectivity index (χ2v) is 8.43. The lowest BCUT2D eigenvalue weighted by molar-refractivity contribution is -0.120. The van der Waals surface area contributed by atoms with Gasteiger partial charge in [0.1, 0.15) is 5.75 Å². The molecule has 0 unspecified atom stereocenters. The molecule has 0 saturated heterocycles. The van der Waals surface area contributed by atoms with Gasteiger partial charge in [0.2, 0.25) is 5.91 Å². The number of sulfone groups is 1. The van der Waals surface area contributed by atoms with Gasteiger partial charge in [-0.05, 0) is 42.3 Å². The second-order valence-electron chi connectivity index (χ2n) is 6.50. The van der Waals surface area contributed by atoms with Crippen LogP contribution < -0.4 is 9.64 Å². The summed E-state index contributed by atoms with van der Waals surface area (Å²) in [5.74, 6) is 0.122. The van der Waals surface area contributed by atoms with Gasteiger partial charge < -0.3 is 9.64 Å². The van der Waals surface area contributed by atoms with E-state index in [1.165, 1.54) is 5.41 Å². The van der Waals surface area contributed by atoms with Gasteiger partial charge in [-0.25, -0.2) is 8.42 Å². The number of anilines is 1. The van der Waals surface area contributed by atoms with Crippen LogP contribution in [0, 0.1) is 0 Å². The molecule has 3 rings (SSSR count). The summed E-state index contributed by atoms with van der Waals surface area (Å²) in [5, 5.41) is 1.20. The van der Waals surface area contributed by atoms with Crippen LogP contribution in [-0.2, 0) is 14.6 Å². The lowest BCUT2D eigenvalue weighted by atomic mass is 9.94. The standard InChI is InChI=1S/C21H23NO4S/c1-3-20(16-7-5-4-6-8-16)21(23)22(18-13-14-27(24,25)15-18)17-9-11-19(26-2)12-10-17/h4-14,18,20H,3,15H2,1-2H3/t18-,20-/m1/s1. The first-order chi connectivity index (χ1) is 12.9. The van der Waals surface area contributed by atoms with Crippen molar-refractivity contribution in [1.29, 1.82) is 0 Å². The molecule has 0 N–H and O–H groups in total. The summed E-state index contributed by atoms with van der Waals surface area (Å²) in [6.07, 6.45) is 2.22. The topological polar surface area (TPSA) is 63.7 Å². The van der Waals surface area contributed by atoms with Crippen LogP contribution in [0.4, 0.5) is 5.69 Å². The average Bonchev–Trinajstić information content (AvgIpc) is 3.03. The molecule has 0 aliphatic carbocycles. The minimum atomic E-state index is -3.29.